The quantitative estimate of drug-likeness (QED) is 0.276. The third-order valence-electron chi connectivity index (χ3n) is 6.67. The zero-order chi connectivity index (χ0) is 22.2. The van der Waals surface area contributed by atoms with Gasteiger partial charge >= 0.3 is 0 Å². The molecule has 0 aliphatic heterocycles. The van der Waals surface area contributed by atoms with Gasteiger partial charge in [-0.15, -0.1) is 0 Å². The van der Waals surface area contributed by atoms with E-state index in [0.29, 0.717) is 11.8 Å². The summed E-state index contributed by atoms with van der Waals surface area (Å²) in [6.45, 7) is 8.98. The van der Waals surface area contributed by atoms with Crippen molar-refractivity contribution in [1.29, 1.82) is 0 Å². The molecule has 0 aromatic heterocycles. The lowest BCUT2D eigenvalue weighted by Gasteiger charge is -2.27. The largest absolute Gasteiger partial charge is 0.310 e. The zero-order valence-electron chi connectivity index (χ0n) is 19.5. The lowest BCUT2D eigenvalue weighted by Crippen LogP contribution is -2.10. The highest BCUT2D eigenvalue weighted by Crippen LogP contribution is 2.42. The van der Waals surface area contributed by atoms with Crippen LogP contribution in [0.5, 0.6) is 0 Å². The van der Waals surface area contributed by atoms with Crippen molar-refractivity contribution in [2.24, 2.45) is 0 Å². The van der Waals surface area contributed by atoms with E-state index in [1.165, 1.54) is 50.4 Å². The van der Waals surface area contributed by atoms with E-state index in [-0.39, 0.29) is 0 Å². The van der Waals surface area contributed by atoms with E-state index in [2.05, 4.69) is 124 Å². The molecule has 0 saturated carbocycles. The van der Waals surface area contributed by atoms with Gasteiger partial charge in [0.25, 0.3) is 0 Å². The Bertz CT molecular complexity index is 1180. The van der Waals surface area contributed by atoms with Gasteiger partial charge in [-0.2, -0.15) is 0 Å². The van der Waals surface area contributed by atoms with E-state index < -0.39 is 0 Å². The molecule has 1 heteroatoms. The number of hydrogen-bond donors (Lipinski definition) is 0. The zero-order valence-corrected chi connectivity index (χ0v) is 19.5. The maximum atomic E-state index is 2.39. The van der Waals surface area contributed by atoms with E-state index >= 15 is 0 Å². The van der Waals surface area contributed by atoms with Gasteiger partial charge in [0.05, 0.1) is 0 Å². The molecule has 0 bridgehead atoms. The third-order valence-corrected chi connectivity index (χ3v) is 6.67. The molecule has 4 aromatic carbocycles. The lowest BCUT2D eigenvalue weighted by molar-refractivity contribution is 0.866. The number of anilines is 3. The Morgan fingerprint density at radius 2 is 1.03 bits per heavy atom. The molecule has 1 aliphatic carbocycles. The summed E-state index contributed by atoms with van der Waals surface area (Å²) in [5, 5.41) is 0. The second-order valence-corrected chi connectivity index (χ2v) is 9.50. The molecule has 0 N–H and O–H groups in total. The van der Waals surface area contributed by atoms with Crippen molar-refractivity contribution in [2.75, 3.05) is 4.90 Å². The van der Waals surface area contributed by atoms with Crippen LogP contribution in [0.15, 0.2) is 91.0 Å². The van der Waals surface area contributed by atoms with Gasteiger partial charge in [0.15, 0.2) is 0 Å². The highest BCUT2D eigenvalue weighted by molar-refractivity contribution is 5.83. The first-order valence-corrected chi connectivity index (χ1v) is 11.7. The van der Waals surface area contributed by atoms with E-state index in [9.17, 15) is 0 Å². The Kier molecular flexibility index (Phi) is 5.35. The van der Waals surface area contributed by atoms with Crippen LogP contribution in [-0.4, -0.2) is 0 Å². The molecule has 32 heavy (non-hydrogen) atoms. The van der Waals surface area contributed by atoms with Gasteiger partial charge in [-0.05, 0) is 88.0 Å². The number of rotatable bonds is 5. The van der Waals surface area contributed by atoms with Crippen LogP contribution in [0.2, 0.25) is 0 Å². The molecule has 4 aromatic rings. The Balaban J connectivity index is 1.59. The topological polar surface area (TPSA) is 3.24 Å². The molecule has 0 saturated heterocycles. The van der Waals surface area contributed by atoms with Crippen molar-refractivity contribution in [2.45, 2.75) is 46.0 Å². The van der Waals surface area contributed by atoms with Gasteiger partial charge in [0.1, 0.15) is 0 Å². The van der Waals surface area contributed by atoms with Crippen molar-refractivity contribution in [3.8, 4) is 11.1 Å². The summed E-state index contributed by atoms with van der Waals surface area (Å²) < 4.78 is 0. The first-order chi connectivity index (χ1) is 15.5. The highest BCUT2D eigenvalue weighted by Gasteiger charge is 2.20. The molecule has 0 spiro atoms. The first-order valence-electron chi connectivity index (χ1n) is 11.7. The second-order valence-electron chi connectivity index (χ2n) is 9.50. The molecule has 1 aliphatic rings. The minimum absolute atomic E-state index is 0.529. The van der Waals surface area contributed by atoms with Gasteiger partial charge in [0.2, 0.25) is 0 Å². The van der Waals surface area contributed by atoms with E-state index in [1.54, 1.807) is 0 Å². The van der Waals surface area contributed by atoms with Crippen LogP contribution in [0.1, 0.15) is 61.8 Å². The van der Waals surface area contributed by atoms with Crippen LogP contribution in [0, 0.1) is 0 Å². The summed E-state index contributed by atoms with van der Waals surface area (Å²) in [7, 11) is 0. The monoisotopic (exact) mass is 417 g/mol. The SMILES string of the molecule is CC(C)c1ccc(N(c2ccc(C(C)C)cc2)c2ccc3c(c2)Cc2ccccc2-3)cc1. The summed E-state index contributed by atoms with van der Waals surface area (Å²) in [4.78, 5) is 2.39. The summed E-state index contributed by atoms with van der Waals surface area (Å²) in [6.07, 6.45) is 1.01. The van der Waals surface area contributed by atoms with Crippen molar-refractivity contribution >= 4 is 17.1 Å². The predicted molar refractivity (Wildman–Crippen MR) is 138 cm³/mol. The summed E-state index contributed by atoms with van der Waals surface area (Å²) in [5.41, 5.74) is 11.9. The Labute approximate surface area is 192 Å². The van der Waals surface area contributed by atoms with Crippen LogP contribution in [0.25, 0.3) is 11.1 Å². The van der Waals surface area contributed by atoms with Gasteiger partial charge in [-0.3, -0.25) is 0 Å². The van der Waals surface area contributed by atoms with Crippen molar-refractivity contribution in [3.05, 3.63) is 113 Å². The number of hydrogen-bond acceptors (Lipinski definition) is 1. The first kappa shape index (κ1) is 20.6. The highest BCUT2D eigenvalue weighted by atomic mass is 15.1. The fourth-order valence-corrected chi connectivity index (χ4v) is 4.73. The molecule has 0 fully saturated rings. The average Bonchev–Trinajstić information content (AvgIpc) is 3.18. The van der Waals surface area contributed by atoms with Gasteiger partial charge < -0.3 is 4.90 Å². The molecular formula is C31H31N. The van der Waals surface area contributed by atoms with Crippen molar-refractivity contribution in [1.82, 2.24) is 0 Å². The maximum Gasteiger partial charge on any atom is 0.0464 e. The van der Waals surface area contributed by atoms with Crippen LogP contribution in [0.3, 0.4) is 0 Å². The molecule has 0 heterocycles. The van der Waals surface area contributed by atoms with E-state index in [4.69, 9.17) is 0 Å². The Morgan fingerprint density at radius 3 is 1.59 bits per heavy atom. The number of fused-ring (bicyclic) bond motifs is 3. The van der Waals surface area contributed by atoms with E-state index in [1.807, 2.05) is 0 Å². The fourth-order valence-electron chi connectivity index (χ4n) is 4.73. The average molecular weight is 418 g/mol. The fraction of sp³-hybridized carbons (Fsp3) is 0.226. The normalized spacial score (nSPS) is 12.2. The van der Waals surface area contributed by atoms with Crippen LogP contribution < -0.4 is 4.90 Å². The molecule has 0 amide bonds. The molecule has 0 atom stereocenters. The molecule has 1 nitrogen and oxygen atoms in total. The minimum atomic E-state index is 0.529. The van der Waals surface area contributed by atoms with Crippen LogP contribution in [-0.2, 0) is 6.42 Å². The molecule has 0 radical (unpaired) electrons. The summed E-state index contributed by atoms with van der Waals surface area (Å²) in [6, 6.07) is 33.8. The standard InChI is InChI=1S/C31H31N/c1-21(2)23-9-13-27(14-10-23)32(28-15-11-24(12-16-28)22(3)4)29-17-18-31-26(20-29)19-25-7-5-6-8-30(25)31/h5-18,20-22H,19H2,1-4H3. The second kappa shape index (κ2) is 8.31. The van der Waals surface area contributed by atoms with Gasteiger partial charge in [-0.1, -0.05) is 82.3 Å². The minimum Gasteiger partial charge on any atom is -0.310 e. The summed E-state index contributed by atoms with van der Waals surface area (Å²) in [5.74, 6) is 1.06. The number of benzene rings is 4. The lowest BCUT2D eigenvalue weighted by atomic mass is 10.0. The predicted octanol–water partition coefficient (Wildman–Crippen LogP) is 8.97. The van der Waals surface area contributed by atoms with E-state index in [0.717, 1.165) is 6.42 Å². The molecule has 160 valence electrons. The van der Waals surface area contributed by atoms with Crippen molar-refractivity contribution in [3.63, 3.8) is 0 Å². The molecule has 0 unspecified atom stereocenters. The van der Waals surface area contributed by atoms with Crippen LogP contribution in [0.4, 0.5) is 17.1 Å². The maximum absolute atomic E-state index is 2.39. The Hall–Kier alpha value is -3.32. The Morgan fingerprint density at radius 1 is 0.531 bits per heavy atom. The third kappa shape index (κ3) is 3.73. The summed E-state index contributed by atoms with van der Waals surface area (Å²) >= 11 is 0. The van der Waals surface area contributed by atoms with Crippen LogP contribution >= 0.6 is 0 Å². The molecule has 5 rings (SSSR count). The molecular weight excluding hydrogens is 386 g/mol. The van der Waals surface area contributed by atoms with Gasteiger partial charge in [-0.25, -0.2) is 0 Å². The number of nitrogens with zero attached hydrogens (tertiary/aromatic N) is 1. The smallest absolute Gasteiger partial charge is 0.0464 e. The van der Waals surface area contributed by atoms with Crippen molar-refractivity contribution < 1.29 is 0 Å². The van der Waals surface area contributed by atoms with Gasteiger partial charge in [0, 0.05) is 17.1 Å².